The standard InChI is InChI=1S/C25H22ClN3O4S/c1-29-23(25(30)27-19-12-18(26)13-20(14-19)34(2,31)32)15-22(28-29)21-10-6-7-11-24(21)33-16-17-8-4-3-5-9-17/h3-15H,16H2,1-2H3,(H,27,30). The summed E-state index contributed by atoms with van der Waals surface area (Å²) < 4.78 is 31.3. The summed E-state index contributed by atoms with van der Waals surface area (Å²) in [4.78, 5) is 13.0. The van der Waals surface area contributed by atoms with Gasteiger partial charge in [0.1, 0.15) is 18.1 Å². The molecule has 3 aromatic carbocycles. The second-order valence-electron chi connectivity index (χ2n) is 7.71. The summed E-state index contributed by atoms with van der Waals surface area (Å²) in [6, 6.07) is 23.1. The minimum Gasteiger partial charge on any atom is -0.488 e. The number of nitrogens with one attached hydrogen (secondary N) is 1. The molecule has 174 valence electrons. The highest BCUT2D eigenvalue weighted by molar-refractivity contribution is 7.90. The first kappa shape index (κ1) is 23.5. The smallest absolute Gasteiger partial charge is 0.273 e. The van der Waals surface area contributed by atoms with Crippen molar-refractivity contribution in [3.05, 3.63) is 95.1 Å². The number of hydrogen-bond donors (Lipinski definition) is 1. The van der Waals surface area contributed by atoms with Crippen LogP contribution in [-0.2, 0) is 23.5 Å². The number of benzene rings is 3. The maximum Gasteiger partial charge on any atom is 0.273 e. The number of para-hydroxylation sites is 1. The first-order chi connectivity index (χ1) is 16.2. The van der Waals surface area contributed by atoms with E-state index in [-0.39, 0.29) is 21.3 Å². The number of aryl methyl sites for hydroxylation is 1. The normalized spacial score (nSPS) is 11.3. The number of amides is 1. The molecule has 0 unspecified atom stereocenters. The summed E-state index contributed by atoms with van der Waals surface area (Å²) in [6.07, 6.45) is 1.08. The molecule has 34 heavy (non-hydrogen) atoms. The van der Waals surface area contributed by atoms with E-state index in [4.69, 9.17) is 16.3 Å². The third-order valence-electron chi connectivity index (χ3n) is 5.07. The third-order valence-corrected chi connectivity index (χ3v) is 6.38. The van der Waals surface area contributed by atoms with E-state index in [1.807, 2.05) is 54.6 Å². The van der Waals surface area contributed by atoms with Gasteiger partial charge in [-0.1, -0.05) is 54.1 Å². The lowest BCUT2D eigenvalue weighted by molar-refractivity contribution is 0.101. The molecule has 4 aromatic rings. The number of carbonyl (C=O) groups is 1. The van der Waals surface area contributed by atoms with Gasteiger partial charge in [0.25, 0.3) is 5.91 Å². The predicted octanol–water partition coefficient (Wildman–Crippen LogP) is 4.98. The molecular weight excluding hydrogens is 474 g/mol. The number of rotatable bonds is 7. The number of nitrogens with zero attached hydrogens (tertiary/aromatic N) is 2. The molecule has 1 N–H and O–H groups in total. The fourth-order valence-corrected chi connectivity index (χ4v) is 4.38. The first-order valence-electron chi connectivity index (χ1n) is 10.3. The van der Waals surface area contributed by atoms with E-state index in [1.165, 1.54) is 22.9 Å². The molecule has 4 rings (SSSR count). The predicted molar refractivity (Wildman–Crippen MR) is 132 cm³/mol. The Morgan fingerprint density at radius 1 is 1.03 bits per heavy atom. The minimum atomic E-state index is -3.49. The van der Waals surface area contributed by atoms with Crippen molar-refractivity contribution >= 4 is 33.0 Å². The zero-order valence-electron chi connectivity index (χ0n) is 18.5. The van der Waals surface area contributed by atoms with Crippen molar-refractivity contribution in [2.24, 2.45) is 7.05 Å². The monoisotopic (exact) mass is 495 g/mol. The van der Waals surface area contributed by atoms with Crippen LogP contribution in [0.1, 0.15) is 16.1 Å². The number of carbonyl (C=O) groups excluding carboxylic acids is 1. The van der Waals surface area contributed by atoms with Crippen LogP contribution in [0.3, 0.4) is 0 Å². The van der Waals surface area contributed by atoms with Crippen LogP contribution in [0.4, 0.5) is 5.69 Å². The lowest BCUT2D eigenvalue weighted by Gasteiger charge is -2.10. The molecule has 9 heteroatoms. The molecule has 0 spiro atoms. The zero-order valence-corrected chi connectivity index (χ0v) is 20.1. The number of hydrogen-bond acceptors (Lipinski definition) is 5. The van der Waals surface area contributed by atoms with Crippen LogP contribution in [0.2, 0.25) is 5.02 Å². The Morgan fingerprint density at radius 2 is 1.74 bits per heavy atom. The Morgan fingerprint density at radius 3 is 2.47 bits per heavy atom. The van der Waals surface area contributed by atoms with E-state index in [0.29, 0.717) is 18.1 Å². The third kappa shape index (κ3) is 5.47. The van der Waals surface area contributed by atoms with Crippen LogP contribution in [0, 0.1) is 0 Å². The van der Waals surface area contributed by atoms with Crippen LogP contribution < -0.4 is 10.1 Å². The highest BCUT2D eigenvalue weighted by Gasteiger charge is 2.18. The van der Waals surface area contributed by atoms with E-state index in [9.17, 15) is 13.2 Å². The SMILES string of the molecule is Cn1nc(-c2ccccc2OCc2ccccc2)cc1C(=O)Nc1cc(Cl)cc(S(C)(=O)=O)c1. The van der Waals surface area contributed by atoms with E-state index >= 15 is 0 Å². The Hall–Kier alpha value is -3.62. The quantitative estimate of drug-likeness (QED) is 0.390. The lowest BCUT2D eigenvalue weighted by atomic mass is 10.1. The van der Waals surface area contributed by atoms with E-state index in [2.05, 4.69) is 10.4 Å². The Labute approximate surface area is 202 Å². The summed E-state index contributed by atoms with van der Waals surface area (Å²) in [5.74, 6) is 0.190. The van der Waals surface area contributed by atoms with Gasteiger partial charge in [-0.05, 0) is 42.0 Å². The second-order valence-corrected chi connectivity index (χ2v) is 10.2. The average molecular weight is 496 g/mol. The number of anilines is 1. The minimum absolute atomic E-state index is 0.0190. The Bertz CT molecular complexity index is 1450. The van der Waals surface area contributed by atoms with Crippen LogP contribution >= 0.6 is 11.6 Å². The number of halogens is 1. The molecule has 0 fully saturated rings. The fraction of sp³-hybridized carbons (Fsp3) is 0.120. The molecule has 1 aromatic heterocycles. The molecular formula is C25H22ClN3O4S. The summed E-state index contributed by atoms with van der Waals surface area (Å²) in [5, 5.41) is 7.39. The van der Waals surface area contributed by atoms with Gasteiger partial charge in [0.2, 0.25) is 0 Å². The van der Waals surface area contributed by atoms with Crippen molar-refractivity contribution in [3.63, 3.8) is 0 Å². The first-order valence-corrected chi connectivity index (χ1v) is 12.6. The van der Waals surface area contributed by atoms with E-state index < -0.39 is 15.7 Å². The van der Waals surface area contributed by atoms with Gasteiger partial charge in [0.05, 0.1) is 10.6 Å². The molecule has 0 aliphatic heterocycles. The number of ether oxygens (including phenoxy) is 1. The van der Waals surface area contributed by atoms with Gasteiger partial charge in [-0.15, -0.1) is 0 Å². The molecule has 0 saturated carbocycles. The molecule has 1 amide bonds. The lowest BCUT2D eigenvalue weighted by Crippen LogP contribution is -2.16. The van der Waals surface area contributed by atoms with Crippen molar-refractivity contribution in [2.45, 2.75) is 11.5 Å². The largest absolute Gasteiger partial charge is 0.488 e. The van der Waals surface area contributed by atoms with Crippen LogP contribution in [0.5, 0.6) is 5.75 Å². The van der Waals surface area contributed by atoms with Crippen molar-refractivity contribution < 1.29 is 17.9 Å². The summed E-state index contributed by atoms with van der Waals surface area (Å²) >= 11 is 6.05. The molecule has 0 aliphatic rings. The molecule has 0 saturated heterocycles. The van der Waals surface area contributed by atoms with Gasteiger partial charge in [0, 0.05) is 29.6 Å². The topological polar surface area (TPSA) is 90.3 Å². The van der Waals surface area contributed by atoms with Crippen LogP contribution in [0.15, 0.2) is 83.8 Å². The second kappa shape index (κ2) is 9.70. The molecule has 0 atom stereocenters. The summed E-state index contributed by atoms with van der Waals surface area (Å²) in [7, 11) is -1.83. The van der Waals surface area contributed by atoms with Crippen molar-refractivity contribution in [1.29, 1.82) is 0 Å². The van der Waals surface area contributed by atoms with Crippen molar-refractivity contribution in [3.8, 4) is 17.0 Å². The molecule has 0 bridgehead atoms. The maximum atomic E-state index is 13.0. The molecule has 7 nitrogen and oxygen atoms in total. The van der Waals surface area contributed by atoms with E-state index in [1.54, 1.807) is 13.1 Å². The Kier molecular flexibility index (Phi) is 6.72. The van der Waals surface area contributed by atoms with Gasteiger partial charge in [0.15, 0.2) is 9.84 Å². The van der Waals surface area contributed by atoms with Gasteiger partial charge in [-0.3, -0.25) is 9.48 Å². The van der Waals surface area contributed by atoms with Gasteiger partial charge in [-0.2, -0.15) is 5.10 Å². The van der Waals surface area contributed by atoms with E-state index in [0.717, 1.165) is 17.4 Å². The summed E-state index contributed by atoms with van der Waals surface area (Å²) in [5.41, 5.74) is 2.91. The molecule has 0 aliphatic carbocycles. The van der Waals surface area contributed by atoms with Crippen molar-refractivity contribution in [1.82, 2.24) is 9.78 Å². The maximum absolute atomic E-state index is 13.0. The van der Waals surface area contributed by atoms with Crippen LogP contribution in [-0.4, -0.2) is 30.4 Å². The number of aromatic nitrogens is 2. The summed E-state index contributed by atoms with van der Waals surface area (Å²) in [6.45, 7) is 0.398. The van der Waals surface area contributed by atoms with Gasteiger partial charge < -0.3 is 10.1 Å². The highest BCUT2D eigenvalue weighted by Crippen LogP contribution is 2.30. The number of sulfone groups is 1. The highest BCUT2D eigenvalue weighted by atomic mass is 35.5. The average Bonchev–Trinajstić information content (AvgIpc) is 3.19. The van der Waals surface area contributed by atoms with Crippen LogP contribution in [0.25, 0.3) is 11.3 Å². The van der Waals surface area contributed by atoms with Gasteiger partial charge in [-0.25, -0.2) is 8.42 Å². The van der Waals surface area contributed by atoms with Crippen molar-refractivity contribution in [2.75, 3.05) is 11.6 Å². The molecule has 0 radical (unpaired) electrons. The Balaban J connectivity index is 1.58. The fourth-order valence-electron chi connectivity index (χ4n) is 3.39. The molecule has 1 heterocycles. The van der Waals surface area contributed by atoms with Gasteiger partial charge >= 0.3 is 0 Å². The zero-order chi connectivity index (χ0) is 24.3.